The first kappa shape index (κ1) is 22.4. The number of nitrogens with zero attached hydrogens (tertiary/aromatic N) is 1. The summed E-state index contributed by atoms with van der Waals surface area (Å²) in [6.07, 6.45) is 1.28. The fourth-order valence-electron chi connectivity index (χ4n) is 3.06. The summed E-state index contributed by atoms with van der Waals surface area (Å²) in [6, 6.07) is 7.70. The molecule has 0 unspecified atom stereocenters. The van der Waals surface area contributed by atoms with Crippen molar-refractivity contribution < 1.29 is 18.8 Å². The predicted molar refractivity (Wildman–Crippen MR) is 118 cm³/mol. The van der Waals surface area contributed by atoms with Gasteiger partial charge in [-0.2, -0.15) is 0 Å². The molecule has 1 aromatic carbocycles. The maximum Gasteiger partial charge on any atom is 0.494 e. The molecular formula is C22H32BN3O4. The minimum Gasteiger partial charge on any atom is -0.444 e. The van der Waals surface area contributed by atoms with E-state index in [1.54, 1.807) is 6.20 Å². The number of nitrogens with one attached hydrogen (secondary N) is 2. The Kier molecular flexibility index (Phi) is 5.77. The second-order valence-electron chi connectivity index (χ2n) is 9.76. The number of benzene rings is 1. The van der Waals surface area contributed by atoms with Gasteiger partial charge in [-0.15, -0.1) is 0 Å². The number of carbonyl (C=O) groups excluding carboxylic acids is 1. The van der Waals surface area contributed by atoms with E-state index in [1.165, 1.54) is 0 Å². The first-order valence-electron chi connectivity index (χ1n) is 10.3. The van der Waals surface area contributed by atoms with E-state index in [-0.39, 0.29) is 24.4 Å². The monoisotopic (exact) mass is 413 g/mol. The summed E-state index contributed by atoms with van der Waals surface area (Å²) in [5.74, 6) is 0.658. The lowest BCUT2D eigenvalue weighted by molar-refractivity contribution is 0.00578. The van der Waals surface area contributed by atoms with Gasteiger partial charge in [0.25, 0.3) is 0 Å². The first-order valence-corrected chi connectivity index (χ1v) is 10.3. The van der Waals surface area contributed by atoms with Crippen molar-refractivity contribution in [1.82, 2.24) is 15.3 Å². The van der Waals surface area contributed by atoms with E-state index < -0.39 is 11.7 Å². The van der Waals surface area contributed by atoms with Gasteiger partial charge < -0.3 is 24.3 Å². The number of H-pyrrole nitrogens is 1. The van der Waals surface area contributed by atoms with Crippen LogP contribution in [0.4, 0.5) is 4.79 Å². The molecule has 0 spiro atoms. The van der Waals surface area contributed by atoms with E-state index in [4.69, 9.17) is 14.0 Å². The molecule has 8 heteroatoms. The van der Waals surface area contributed by atoms with Crippen LogP contribution in [0.25, 0.3) is 11.3 Å². The van der Waals surface area contributed by atoms with Crippen LogP contribution in [-0.4, -0.2) is 40.0 Å². The molecule has 1 aliphatic rings. The van der Waals surface area contributed by atoms with Gasteiger partial charge in [-0.1, -0.05) is 24.3 Å². The zero-order valence-electron chi connectivity index (χ0n) is 19.1. The van der Waals surface area contributed by atoms with E-state index in [1.807, 2.05) is 79.7 Å². The summed E-state index contributed by atoms with van der Waals surface area (Å²) in [6.45, 7) is 15.5. The lowest BCUT2D eigenvalue weighted by Crippen LogP contribution is -2.41. The third kappa shape index (κ3) is 4.87. The van der Waals surface area contributed by atoms with E-state index in [0.29, 0.717) is 5.82 Å². The molecule has 1 atom stereocenters. The van der Waals surface area contributed by atoms with Crippen molar-refractivity contribution in [3.63, 3.8) is 0 Å². The van der Waals surface area contributed by atoms with Gasteiger partial charge in [0, 0.05) is 0 Å². The number of carbonyl (C=O) groups is 1. The van der Waals surface area contributed by atoms with Crippen molar-refractivity contribution in [3.8, 4) is 11.3 Å². The van der Waals surface area contributed by atoms with Crippen LogP contribution in [0.15, 0.2) is 30.5 Å². The molecule has 7 nitrogen and oxygen atoms in total. The van der Waals surface area contributed by atoms with Crippen LogP contribution in [0.1, 0.15) is 67.3 Å². The average Bonchev–Trinajstić information content (AvgIpc) is 3.16. The van der Waals surface area contributed by atoms with Crippen LogP contribution in [-0.2, 0) is 14.0 Å². The van der Waals surface area contributed by atoms with Gasteiger partial charge in [0.2, 0.25) is 0 Å². The zero-order chi connectivity index (χ0) is 22.3. The quantitative estimate of drug-likeness (QED) is 0.742. The molecule has 0 bridgehead atoms. The first-order chi connectivity index (χ1) is 13.8. The number of imidazole rings is 1. The molecule has 3 rings (SSSR count). The normalized spacial score (nSPS) is 18.9. The average molecular weight is 413 g/mol. The number of aromatic nitrogens is 2. The minimum absolute atomic E-state index is 0.308. The molecule has 162 valence electrons. The highest BCUT2D eigenvalue weighted by Crippen LogP contribution is 2.36. The SMILES string of the molecule is C[C@H](NC(=O)OC(C)(C)C)c1ncc(-c2ccc(B3OC(C)(C)C(C)(C)O3)cc2)[nH]1. The fourth-order valence-corrected chi connectivity index (χ4v) is 3.06. The molecule has 1 saturated heterocycles. The largest absolute Gasteiger partial charge is 0.494 e. The summed E-state index contributed by atoms with van der Waals surface area (Å²) in [4.78, 5) is 19.6. The third-order valence-corrected chi connectivity index (χ3v) is 5.49. The molecule has 2 N–H and O–H groups in total. The molecule has 0 saturated carbocycles. The minimum atomic E-state index is -0.545. The highest BCUT2D eigenvalue weighted by Gasteiger charge is 2.51. The molecule has 1 fully saturated rings. The molecule has 30 heavy (non-hydrogen) atoms. The Morgan fingerprint density at radius 2 is 1.70 bits per heavy atom. The Hall–Kier alpha value is -2.32. The summed E-state index contributed by atoms with van der Waals surface area (Å²) in [5.41, 5.74) is 1.54. The van der Waals surface area contributed by atoms with Crippen LogP contribution in [0.2, 0.25) is 0 Å². The number of hydrogen-bond donors (Lipinski definition) is 2. The molecule has 2 aromatic rings. The Morgan fingerprint density at radius 3 is 2.23 bits per heavy atom. The van der Waals surface area contributed by atoms with Gasteiger partial charge in [0.1, 0.15) is 11.4 Å². The van der Waals surface area contributed by atoms with Crippen LogP contribution >= 0.6 is 0 Å². The standard InChI is InChI=1S/C22H32BN3O4/c1-14(25-19(27)28-20(2,3)4)18-24-13-17(26-18)15-9-11-16(12-10-15)23-29-21(5,6)22(7,8)30-23/h9-14H,1-8H3,(H,24,26)(H,25,27)/t14-/m0/s1. The zero-order valence-corrected chi connectivity index (χ0v) is 19.1. The molecule has 2 heterocycles. The summed E-state index contributed by atoms with van der Waals surface area (Å²) in [5, 5.41) is 2.79. The molecule has 0 radical (unpaired) electrons. The van der Waals surface area contributed by atoms with Crippen molar-refractivity contribution >= 4 is 18.7 Å². The second-order valence-corrected chi connectivity index (χ2v) is 9.76. The molecule has 1 aliphatic heterocycles. The lowest BCUT2D eigenvalue weighted by atomic mass is 9.79. The van der Waals surface area contributed by atoms with E-state index in [9.17, 15) is 4.79 Å². The Labute approximate surface area is 179 Å². The highest BCUT2D eigenvalue weighted by molar-refractivity contribution is 6.62. The second kappa shape index (κ2) is 7.74. The van der Waals surface area contributed by atoms with Crippen molar-refractivity contribution in [2.75, 3.05) is 0 Å². The Bertz CT molecular complexity index is 884. The van der Waals surface area contributed by atoms with Gasteiger partial charge in [0.15, 0.2) is 0 Å². The summed E-state index contributed by atoms with van der Waals surface area (Å²) >= 11 is 0. The molecule has 1 aromatic heterocycles. The van der Waals surface area contributed by atoms with Crippen LogP contribution < -0.4 is 10.8 Å². The van der Waals surface area contributed by atoms with Crippen molar-refractivity contribution in [2.24, 2.45) is 0 Å². The van der Waals surface area contributed by atoms with Gasteiger partial charge in [0.05, 0.1) is 29.1 Å². The number of ether oxygens (including phenoxy) is 1. The predicted octanol–water partition coefficient (Wildman–Crippen LogP) is 3.96. The Balaban J connectivity index is 1.67. The van der Waals surface area contributed by atoms with Crippen LogP contribution in [0.5, 0.6) is 0 Å². The third-order valence-electron chi connectivity index (χ3n) is 5.49. The van der Waals surface area contributed by atoms with Gasteiger partial charge in [-0.05, 0) is 66.4 Å². The molecule has 1 amide bonds. The lowest BCUT2D eigenvalue weighted by Gasteiger charge is -2.32. The number of alkyl carbamates (subject to hydrolysis) is 1. The Morgan fingerprint density at radius 1 is 1.13 bits per heavy atom. The van der Waals surface area contributed by atoms with Crippen molar-refractivity contribution in [2.45, 2.75) is 78.2 Å². The molecule has 0 aliphatic carbocycles. The van der Waals surface area contributed by atoms with Gasteiger partial charge in [-0.3, -0.25) is 0 Å². The van der Waals surface area contributed by atoms with E-state index >= 15 is 0 Å². The highest BCUT2D eigenvalue weighted by atomic mass is 16.7. The van der Waals surface area contributed by atoms with E-state index in [2.05, 4.69) is 15.3 Å². The van der Waals surface area contributed by atoms with Gasteiger partial charge >= 0.3 is 13.2 Å². The van der Waals surface area contributed by atoms with Crippen LogP contribution in [0, 0.1) is 0 Å². The van der Waals surface area contributed by atoms with Crippen LogP contribution in [0.3, 0.4) is 0 Å². The summed E-state index contributed by atoms with van der Waals surface area (Å²) < 4.78 is 17.5. The maximum atomic E-state index is 12.0. The van der Waals surface area contributed by atoms with E-state index in [0.717, 1.165) is 16.7 Å². The number of aromatic amines is 1. The van der Waals surface area contributed by atoms with Crippen molar-refractivity contribution in [1.29, 1.82) is 0 Å². The topological polar surface area (TPSA) is 85.5 Å². The number of hydrogen-bond acceptors (Lipinski definition) is 5. The maximum absolute atomic E-state index is 12.0. The number of amides is 1. The summed E-state index contributed by atoms with van der Waals surface area (Å²) in [7, 11) is -0.389. The molecular weight excluding hydrogens is 381 g/mol. The smallest absolute Gasteiger partial charge is 0.444 e. The van der Waals surface area contributed by atoms with Gasteiger partial charge in [-0.25, -0.2) is 9.78 Å². The van der Waals surface area contributed by atoms with Crippen molar-refractivity contribution in [3.05, 3.63) is 36.3 Å². The fraction of sp³-hybridized carbons (Fsp3) is 0.545. The number of rotatable bonds is 4.